The van der Waals surface area contributed by atoms with Gasteiger partial charge in [0.1, 0.15) is 12.4 Å². The van der Waals surface area contributed by atoms with E-state index in [1.54, 1.807) is 0 Å². The van der Waals surface area contributed by atoms with Gasteiger partial charge in [-0.05, 0) is 60.7 Å². The van der Waals surface area contributed by atoms with Crippen molar-refractivity contribution in [3.63, 3.8) is 0 Å². The number of thiophene rings is 1. The van der Waals surface area contributed by atoms with Crippen molar-refractivity contribution >= 4 is 41.8 Å². The third-order valence-corrected chi connectivity index (χ3v) is 11.7. The van der Waals surface area contributed by atoms with Gasteiger partial charge in [-0.2, -0.15) is 0 Å². The summed E-state index contributed by atoms with van der Waals surface area (Å²) in [5.41, 5.74) is 5.98. The highest BCUT2D eigenvalue weighted by molar-refractivity contribution is 7.13. The second-order valence-electron chi connectivity index (χ2n) is 9.78. The molecule has 1 aromatic heterocycles. The molecule has 0 N–H and O–H groups in total. The Kier molecular flexibility index (Phi) is 5.99. The van der Waals surface area contributed by atoms with Crippen molar-refractivity contribution in [2.24, 2.45) is 0 Å². The van der Waals surface area contributed by atoms with Crippen LogP contribution < -0.4 is 9.92 Å². The molecule has 0 fully saturated rings. The quantitative estimate of drug-likeness (QED) is 0.340. The minimum Gasteiger partial charge on any atom is -0.489 e. The summed E-state index contributed by atoms with van der Waals surface area (Å²) in [5, 5.41) is 2.11. The van der Waals surface area contributed by atoms with Crippen LogP contribution in [0.25, 0.3) is 5.57 Å². The van der Waals surface area contributed by atoms with Crippen molar-refractivity contribution < 1.29 is 4.74 Å². The van der Waals surface area contributed by atoms with Crippen LogP contribution in [0.2, 0.25) is 18.1 Å². The van der Waals surface area contributed by atoms with Crippen LogP contribution >= 0.6 is 22.9 Å². The predicted molar refractivity (Wildman–Crippen MR) is 133 cm³/mol. The van der Waals surface area contributed by atoms with E-state index >= 15 is 0 Å². The summed E-state index contributed by atoms with van der Waals surface area (Å²) >= 11 is 8.64. The van der Waals surface area contributed by atoms with Crippen LogP contribution in [0.5, 0.6) is 5.75 Å². The Balaban J connectivity index is 2.26. The van der Waals surface area contributed by atoms with Gasteiger partial charge in [-0.15, -0.1) is 11.3 Å². The second kappa shape index (κ2) is 7.75. The van der Waals surface area contributed by atoms with Gasteiger partial charge >= 0.3 is 0 Å². The molecular weight excluding hydrogens is 412 g/mol. The normalized spacial score (nSPS) is 16.9. The number of ether oxygens (including phenoxy) is 1. The van der Waals surface area contributed by atoms with Crippen LogP contribution in [-0.2, 0) is 5.41 Å². The summed E-state index contributed by atoms with van der Waals surface area (Å²) in [6, 6.07) is 6.61. The molecule has 0 spiro atoms. The first-order chi connectivity index (χ1) is 13.4. The van der Waals surface area contributed by atoms with E-state index in [4.69, 9.17) is 16.3 Å². The third-order valence-electron chi connectivity index (χ3n) is 6.20. The Morgan fingerprint density at radius 3 is 2.41 bits per heavy atom. The Labute approximate surface area is 186 Å². The SMILES string of the molecule is C=CCOc1c(C(C)(C)C)cc(Cl)cc1[Si](C)(C)C1C(C)=C(C)c2cc(C)sc21. The lowest BCUT2D eigenvalue weighted by atomic mass is 9.86. The van der Waals surface area contributed by atoms with Gasteiger partial charge in [0.05, 0.1) is 8.07 Å². The largest absolute Gasteiger partial charge is 0.489 e. The number of hydrogen-bond acceptors (Lipinski definition) is 2. The summed E-state index contributed by atoms with van der Waals surface area (Å²) in [4.78, 5) is 2.92. The highest BCUT2D eigenvalue weighted by Crippen LogP contribution is 2.50. The molecule has 2 aromatic rings. The first kappa shape index (κ1) is 22.4. The standard InChI is InChI=1S/C25H33ClOSSi/c1-10-11-27-22-20(25(5,6)7)13-18(26)14-21(22)29(8,9)24-17(4)16(3)19-12-15(2)28-23(19)24/h10,12-14,24H,1,11H2,2-9H3. The maximum absolute atomic E-state index is 6.68. The zero-order chi connectivity index (χ0) is 21.7. The molecule has 1 aliphatic carbocycles. The molecule has 0 saturated carbocycles. The number of aryl methyl sites for hydroxylation is 1. The van der Waals surface area contributed by atoms with E-state index in [-0.39, 0.29) is 5.41 Å². The van der Waals surface area contributed by atoms with Crippen molar-refractivity contribution in [1.82, 2.24) is 0 Å². The third kappa shape index (κ3) is 3.89. The molecule has 1 atom stereocenters. The van der Waals surface area contributed by atoms with Crippen molar-refractivity contribution in [3.8, 4) is 5.75 Å². The maximum Gasteiger partial charge on any atom is 0.122 e. The van der Waals surface area contributed by atoms with Gasteiger partial charge in [0.15, 0.2) is 0 Å². The number of hydrogen-bond donors (Lipinski definition) is 0. The molecule has 1 heterocycles. The summed E-state index contributed by atoms with van der Waals surface area (Å²) in [5.74, 6) is 1.02. The number of fused-ring (bicyclic) bond motifs is 1. The van der Waals surface area contributed by atoms with E-state index in [1.807, 2.05) is 17.4 Å². The van der Waals surface area contributed by atoms with Gasteiger partial charge in [0.25, 0.3) is 0 Å². The zero-order valence-electron chi connectivity index (χ0n) is 19.0. The van der Waals surface area contributed by atoms with E-state index < -0.39 is 8.07 Å². The Bertz CT molecular complexity index is 991. The summed E-state index contributed by atoms with van der Waals surface area (Å²) < 4.78 is 6.35. The number of allylic oxidation sites excluding steroid dienone is 2. The topological polar surface area (TPSA) is 9.23 Å². The van der Waals surface area contributed by atoms with Crippen LogP contribution in [-0.4, -0.2) is 14.7 Å². The Morgan fingerprint density at radius 1 is 1.17 bits per heavy atom. The van der Waals surface area contributed by atoms with Gasteiger partial charge in [0, 0.05) is 25.9 Å². The molecule has 0 amide bonds. The van der Waals surface area contributed by atoms with Crippen molar-refractivity contribution in [2.45, 2.75) is 65.6 Å². The van der Waals surface area contributed by atoms with Gasteiger partial charge in [-0.3, -0.25) is 0 Å². The minimum atomic E-state index is -2.02. The summed E-state index contributed by atoms with van der Waals surface area (Å²) in [7, 11) is -2.02. The molecule has 0 bridgehead atoms. The molecule has 0 aliphatic heterocycles. The lowest BCUT2D eigenvalue weighted by Crippen LogP contribution is -2.49. The number of benzene rings is 1. The lowest BCUT2D eigenvalue weighted by Gasteiger charge is -2.35. The van der Waals surface area contributed by atoms with E-state index in [0.29, 0.717) is 12.1 Å². The van der Waals surface area contributed by atoms with Crippen LogP contribution in [0.3, 0.4) is 0 Å². The molecule has 1 unspecified atom stereocenters. The summed E-state index contributed by atoms with van der Waals surface area (Å²) in [6.07, 6.45) is 1.82. The van der Waals surface area contributed by atoms with Crippen LogP contribution in [0.15, 0.2) is 36.4 Å². The van der Waals surface area contributed by atoms with Gasteiger partial charge < -0.3 is 4.74 Å². The molecule has 4 heteroatoms. The monoisotopic (exact) mass is 444 g/mol. The van der Waals surface area contributed by atoms with E-state index in [1.165, 1.54) is 37.2 Å². The fourth-order valence-electron chi connectivity index (χ4n) is 4.62. The average Bonchev–Trinajstić information content (AvgIpc) is 3.08. The Hall–Kier alpha value is -1.29. The first-order valence-corrected chi connectivity index (χ1v) is 14.5. The highest BCUT2D eigenvalue weighted by atomic mass is 35.5. The molecule has 1 aromatic carbocycles. The molecule has 3 rings (SSSR count). The smallest absolute Gasteiger partial charge is 0.122 e. The summed E-state index contributed by atoms with van der Waals surface area (Å²) in [6.45, 7) is 22.8. The molecule has 29 heavy (non-hydrogen) atoms. The van der Waals surface area contributed by atoms with E-state index in [9.17, 15) is 0 Å². The Morgan fingerprint density at radius 2 is 1.83 bits per heavy atom. The highest BCUT2D eigenvalue weighted by Gasteiger charge is 2.44. The van der Waals surface area contributed by atoms with Gasteiger partial charge in [0.2, 0.25) is 0 Å². The molecule has 156 valence electrons. The molecule has 1 nitrogen and oxygen atoms in total. The molecular formula is C25H33ClOSSi. The van der Waals surface area contributed by atoms with Crippen molar-refractivity contribution in [1.29, 1.82) is 0 Å². The van der Waals surface area contributed by atoms with E-state index in [0.717, 1.165) is 10.8 Å². The molecule has 0 saturated heterocycles. The van der Waals surface area contributed by atoms with Crippen molar-refractivity contribution in [3.05, 3.63) is 62.3 Å². The molecule has 1 aliphatic rings. The zero-order valence-corrected chi connectivity index (χ0v) is 21.6. The maximum atomic E-state index is 6.68. The van der Waals surface area contributed by atoms with Crippen LogP contribution in [0, 0.1) is 6.92 Å². The van der Waals surface area contributed by atoms with E-state index in [2.05, 4.69) is 79.4 Å². The van der Waals surface area contributed by atoms with Crippen molar-refractivity contribution in [2.75, 3.05) is 6.61 Å². The fraction of sp³-hybridized carbons (Fsp3) is 0.440. The number of rotatable bonds is 5. The fourth-order valence-corrected chi connectivity index (χ4v) is 10.9. The van der Waals surface area contributed by atoms with Gasteiger partial charge in [-0.1, -0.05) is 63.7 Å². The van der Waals surface area contributed by atoms with Crippen LogP contribution in [0.1, 0.15) is 61.0 Å². The first-order valence-electron chi connectivity index (χ1n) is 10.3. The van der Waals surface area contributed by atoms with Gasteiger partial charge in [-0.25, -0.2) is 0 Å². The minimum absolute atomic E-state index is 0.0538. The van der Waals surface area contributed by atoms with Crippen LogP contribution in [0.4, 0.5) is 0 Å². The predicted octanol–water partition coefficient (Wildman–Crippen LogP) is 7.62. The second-order valence-corrected chi connectivity index (χ2v) is 16.1. The average molecular weight is 445 g/mol. The molecule has 0 radical (unpaired) electrons. The lowest BCUT2D eigenvalue weighted by molar-refractivity contribution is 0.354. The number of halogens is 1.